The molecule has 0 atom stereocenters. The van der Waals surface area contributed by atoms with E-state index in [9.17, 15) is 0 Å². The Balaban J connectivity index is 0.00000528. The van der Waals surface area contributed by atoms with Gasteiger partial charge < -0.3 is 23.0 Å². The number of benzene rings is 10. The standard InChI is InChI=1S/C68H42N6O.Pt/c1-5-21-46(22-6-1)53-33-20-34-54(47-23-7-2-8-24-47)65(53)71-42-41-70(45-71)50-29-19-30-51(43-50)75-52-38-39-57-60(44-52)74(61-37-17-18-40-69-61)68-64(57)66-62(55-31-13-15-35-58(55)72(66)48-25-9-3-10-26-48)63-56-32-14-16-36-59(56)73(67(63)68)49-27-11-4-12-28-49;/h1-42H;/q-2;. The van der Waals surface area contributed by atoms with Crippen molar-refractivity contribution >= 4 is 65.4 Å². The van der Waals surface area contributed by atoms with E-state index in [0.717, 1.165) is 94.7 Å². The van der Waals surface area contributed by atoms with E-state index in [1.807, 2.05) is 47.3 Å². The summed E-state index contributed by atoms with van der Waals surface area (Å²) in [5.74, 6) is 1.87. The summed E-state index contributed by atoms with van der Waals surface area (Å²) in [6.45, 7) is 0. The van der Waals surface area contributed by atoms with Gasteiger partial charge in [-0.15, -0.1) is 24.3 Å². The summed E-state index contributed by atoms with van der Waals surface area (Å²) in [4.78, 5) is 5.09. The zero-order valence-electron chi connectivity index (χ0n) is 40.7. The van der Waals surface area contributed by atoms with Crippen LogP contribution in [0, 0.1) is 18.5 Å². The van der Waals surface area contributed by atoms with Crippen LogP contribution >= 0.6 is 0 Å². The Hall–Kier alpha value is -9.55. The Labute approximate surface area is 452 Å². The van der Waals surface area contributed by atoms with Gasteiger partial charge in [0.25, 0.3) is 6.33 Å². The minimum atomic E-state index is 0. The third-order valence-electron chi connectivity index (χ3n) is 14.5. The molecule has 0 saturated heterocycles. The van der Waals surface area contributed by atoms with Crippen molar-refractivity contribution in [1.82, 2.24) is 23.3 Å². The molecule has 0 aliphatic carbocycles. The van der Waals surface area contributed by atoms with Crippen molar-refractivity contribution in [2.45, 2.75) is 0 Å². The van der Waals surface area contributed by atoms with E-state index < -0.39 is 0 Å². The third kappa shape index (κ3) is 7.15. The summed E-state index contributed by atoms with van der Waals surface area (Å²) in [6.07, 6.45) is 9.56. The van der Waals surface area contributed by atoms with Gasteiger partial charge in [0.1, 0.15) is 5.82 Å². The fraction of sp³-hybridized carbons (Fsp3) is 0. The fourth-order valence-electron chi connectivity index (χ4n) is 11.4. The van der Waals surface area contributed by atoms with Gasteiger partial charge >= 0.3 is 0 Å². The molecule has 8 heteroatoms. The predicted molar refractivity (Wildman–Crippen MR) is 302 cm³/mol. The predicted octanol–water partition coefficient (Wildman–Crippen LogP) is 16.0. The third-order valence-corrected chi connectivity index (χ3v) is 14.5. The molecule has 0 aliphatic rings. The topological polar surface area (TPSA) is 45.7 Å². The molecular formula is C68H42N6OPt-2. The number of para-hydroxylation sites is 5. The van der Waals surface area contributed by atoms with Gasteiger partial charge in [0.05, 0.1) is 33.3 Å². The zero-order valence-corrected chi connectivity index (χ0v) is 42.9. The van der Waals surface area contributed by atoms with Gasteiger partial charge in [-0.25, -0.2) is 4.98 Å². The average Bonchev–Trinajstić information content (AvgIpc) is 4.45. The molecule has 0 unspecified atom stereocenters. The van der Waals surface area contributed by atoms with Crippen LogP contribution in [-0.2, 0) is 21.1 Å². The molecule has 5 aromatic heterocycles. The van der Waals surface area contributed by atoms with Crippen molar-refractivity contribution in [3.8, 4) is 62.3 Å². The molecule has 362 valence electrons. The first-order valence-corrected chi connectivity index (χ1v) is 25.1. The monoisotopic (exact) mass is 1150 g/mol. The van der Waals surface area contributed by atoms with Gasteiger partial charge in [-0.3, -0.25) is 4.57 Å². The van der Waals surface area contributed by atoms with Crippen LogP contribution in [0.4, 0.5) is 0 Å². The average molecular weight is 1150 g/mol. The molecule has 0 bridgehead atoms. The molecule has 15 rings (SSSR count). The number of hydrogen-bond donors (Lipinski definition) is 0. The fourth-order valence-corrected chi connectivity index (χ4v) is 11.4. The Bertz CT molecular complexity index is 4600. The maximum absolute atomic E-state index is 6.85. The number of fused-ring (bicyclic) bond motifs is 12. The maximum Gasteiger partial charge on any atom is 0.267 e. The number of aromatic nitrogens is 6. The van der Waals surface area contributed by atoms with Crippen molar-refractivity contribution in [2.75, 3.05) is 0 Å². The summed E-state index contributed by atoms with van der Waals surface area (Å²) in [7, 11) is 0. The van der Waals surface area contributed by atoms with E-state index >= 15 is 0 Å². The normalized spacial score (nSPS) is 11.6. The summed E-state index contributed by atoms with van der Waals surface area (Å²) in [5.41, 5.74) is 14.7. The molecule has 0 saturated carbocycles. The molecule has 0 N–H and O–H groups in total. The first-order valence-electron chi connectivity index (χ1n) is 25.1. The smallest absolute Gasteiger partial charge is 0.267 e. The number of ether oxygens (including phenoxy) is 1. The van der Waals surface area contributed by atoms with E-state index in [1.165, 1.54) is 21.5 Å². The Morgan fingerprint density at radius 3 is 1.59 bits per heavy atom. The van der Waals surface area contributed by atoms with E-state index in [0.29, 0.717) is 11.5 Å². The van der Waals surface area contributed by atoms with Gasteiger partial charge in [0.2, 0.25) is 0 Å². The number of hydrogen-bond acceptors (Lipinski definition) is 2. The molecule has 0 fully saturated rings. The van der Waals surface area contributed by atoms with Crippen molar-refractivity contribution in [1.29, 1.82) is 0 Å². The Morgan fingerprint density at radius 2 is 0.961 bits per heavy atom. The van der Waals surface area contributed by atoms with Gasteiger partial charge in [-0.2, -0.15) is 18.2 Å². The summed E-state index contributed by atoms with van der Waals surface area (Å²) in [6, 6.07) is 90.2. The van der Waals surface area contributed by atoms with Crippen molar-refractivity contribution in [2.24, 2.45) is 0 Å². The second kappa shape index (κ2) is 18.4. The van der Waals surface area contributed by atoms with Crippen LogP contribution in [0.15, 0.2) is 255 Å². The van der Waals surface area contributed by atoms with Gasteiger partial charge in [-0.05, 0) is 81.9 Å². The molecule has 76 heavy (non-hydrogen) atoms. The van der Waals surface area contributed by atoms with Crippen LogP contribution in [-0.4, -0.2) is 23.3 Å². The Morgan fingerprint density at radius 1 is 0.421 bits per heavy atom. The Kier molecular flexibility index (Phi) is 10.9. The van der Waals surface area contributed by atoms with E-state index in [2.05, 4.69) is 249 Å². The van der Waals surface area contributed by atoms with Crippen LogP contribution in [0.5, 0.6) is 11.5 Å². The van der Waals surface area contributed by atoms with Crippen LogP contribution in [0.3, 0.4) is 0 Å². The molecule has 5 heterocycles. The largest absolute Gasteiger partial charge is 0.510 e. The first-order chi connectivity index (χ1) is 37.2. The van der Waals surface area contributed by atoms with E-state index in [1.54, 1.807) is 0 Å². The molecule has 10 aromatic carbocycles. The minimum Gasteiger partial charge on any atom is -0.510 e. The quantitative estimate of drug-likeness (QED) is 0.107. The van der Waals surface area contributed by atoms with Crippen molar-refractivity contribution in [3.05, 3.63) is 274 Å². The molecular weight excluding hydrogens is 1110 g/mol. The second-order valence-corrected chi connectivity index (χ2v) is 18.7. The number of rotatable bonds is 9. The minimum absolute atomic E-state index is 0. The van der Waals surface area contributed by atoms with E-state index in [4.69, 9.17) is 9.72 Å². The van der Waals surface area contributed by atoms with Crippen LogP contribution < -0.4 is 9.30 Å². The van der Waals surface area contributed by atoms with E-state index in [-0.39, 0.29) is 21.1 Å². The number of pyridine rings is 1. The molecule has 7 nitrogen and oxygen atoms in total. The second-order valence-electron chi connectivity index (χ2n) is 18.7. The molecule has 0 aliphatic heterocycles. The van der Waals surface area contributed by atoms with Crippen LogP contribution in [0.25, 0.3) is 116 Å². The van der Waals surface area contributed by atoms with Gasteiger partial charge in [0.15, 0.2) is 0 Å². The van der Waals surface area contributed by atoms with Gasteiger partial charge in [-0.1, -0.05) is 169 Å². The maximum atomic E-state index is 6.85. The summed E-state index contributed by atoms with van der Waals surface area (Å²) >= 11 is 0. The first kappa shape index (κ1) is 45.1. The van der Waals surface area contributed by atoms with Crippen LogP contribution in [0.2, 0.25) is 0 Å². The SMILES string of the molecule is [Pt].[c-]1c(Oc2[c-]c3c(cc2)c2c(c4c(c5ccccc5n4-c4ccccc4)c4c5ccccc5n(-c5ccccc5)c42)n3-c2ccccn2)cccc1-[n+]1[c-]n(-c2c(-c3ccccc3)cccc2-c2ccccc2)cc1. The molecule has 0 spiro atoms. The molecule has 0 radical (unpaired) electrons. The van der Waals surface area contributed by atoms with Crippen molar-refractivity contribution in [3.63, 3.8) is 0 Å². The van der Waals surface area contributed by atoms with Crippen LogP contribution in [0.1, 0.15) is 0 Å². The number of imidazole rings is 1. The zero-order chi connectivity index (χ0) is 49.4. The molecule has 0 amide bonds. The summed E-state index contributed by atoms with van der Waals surface area (Å²) < 4.78 is 18.0. The molecule has 15 aromatic rings. The number of nitrogens with zero attached hydrogens (tertiary/aromatic N) is 6. The van der Waals surface area contributed by atoms with Crippen molar-refractivity contribution < 1.29 is 30.4 Å². The summed E-state index contributed by atoms with van der Waals surface area (Å²) in [5, 5.41) is 6.83. The van der Waals surface area contributed by atoms with Gasteiger partial charge in [0, 0.05) is 84.1 Å².